The van der Waals surface area contributed by atoms with Crippen LogP contribution in [-0.4, -0.2) is 31.0 Å². The number of nitrogens with one attached hydrogen (secondary N) is 1. The van der Waals surface area contributed by atoms with E-state index in [1.165, 1.54) is 70.3 Å². The Balaban J connectivity index is 2.00. The quantitative estimate of drug-likeness (QED) is 0.105. The van der Waals surface area contributed by atoms with Gasteiger partial charge in [-0.3, -0.25) is 10.1 Å². The molecule has 0 saturated heterocycles. The number of dihydropyridines is 1. The molecule has 210 valence electrons. The summed E-state index contributed by atoms with van der Waals surface area (Å²) in [5.41, 5.74) is 1.19. The maximum absolute atomic E-state index is 12.6. The minimum atomic E-state index is -0.973. The molecule has 0 amide bonds. The average Bonchev–Trinajstić information content (AvgIpc) is 2.89. The van der Waals surface area contributed by atoms with E-state index in [1.54, 1.807) is 19.9 Å². The highest BCUT2D eigenvalue weighted by molar-refractivity contribution is 5.65. The molecule has 1 aromatic carbocycles. The van der Waals surface area contributed by atoms with Crippen LogP contribution in [0.4, 0.5) is 15.3 Å². The number of non-ortho nitro benzene ring substituents is 1. The lowest BCUT2D eigenvalue weighted by Crippen LogP contribution is -2.29. The molecule has 10 heteroatoms. The predicted molar refractivity (Wildman–Crippen MR) is 142 cm³/mol. The first-order chi connectivity index (χ1) is 18.3. The molecule has 0 bridgehead atoms. The molecule has 0 fully saturated rings. The summed E-state index contributed by atoms with van der Waals surface area (Å²) in [5.74, 6) is -0.705. The fourth-order valence-corrected chi connectivity index (χ4v) is 4.34. The van der Waals surface area contributed by atoms with Crippen molar-refractivity contribution in [2.24, 2.45) is 0 Å². The Morgan fingerprint density at radius 2 is 1.45 bits per heavy atom. The Morgan fingerprint density at radius 3 is 2.00 bits per heavy atom. The number of nitro benzene ring substituents is 1. The third-order valence-corrected chi connectivity index (χ3v) is 6.32. The van der Waals surface area contributed by atoms with Gasteiger partial charge in [0.2, 0.25) is 0 Å². The van der Waals surface area contributed by atoms with Crippen LogP contribution in [0.5, 0.6) is 0 Å². The molecule has 1 aromatic rings. The van der Waals surface area contributed by atoms with Gasteiger partial charge in [0.15, 0.2) is 0 Å². The van der Waals surface area contributed by atoms with E-state index in [9.17, 15) is 19.7 Å². The summed E-state index contributed by atoms with van der Waals surface area (Å²) in [6.07, 6.45) is 9.75. The van der Waals surface area contributed by atoms with Crippen molar-refractivity contribution in [2.45, 2.75) is 90.9 Å². The van der Waals surface area contributed by atoms with E-state index in [4.69, 9.17) is 14.2 Å². The molecular weight excluding hydrogens is 492 g/mol. The van der Waals surface area contributed by atoms with Gasteiger partial charge in [0.25, 0.3) is 5.69 Å². The van der Waals surface area contributed by atoms with Gasteiger partial charge in [-0.05, 0) is 25.8 Å². The zero-order valence-corrected chi connectivity index (χ0v) is 22.9. The molecule has 0 aromatic heterocycles. The van der Waals surface area contributed by atoms with Crippen LogP contribution in [-0.2, 0) is 18.9 Å². The summed E-state index contributed by atoms with van der Waals surface area (Å²) in [5, 5.41) is 14.4. The number of nitro groups is 1. The fraction of sp³-hybridized carbons (Fsp3) is 0.571. The van der Waals surface area contributed by atoms with Crippen molar-refractivity contribution in [1.82, 2.24) is 5.32 Å². The van der Waals surface area contributed by atoms with E-state index < -0.39 is 23.2 Å². The highest BCUT2D eigenvalue weighted by Gasteiger charge is 2.36. The van der Waals surface area contributed by atoms with E-state index in [-0.39, 0.29) is 23.8 Å². The largest absolute Gasteiger partial charge is 0.513 e. The number of methoxy groups -OCH3 is 1. The lowest BCUT2D eigenvalue weighted by Gasteiger charge is -2.30. The van der Waals surface area contributed by atoms with E-state index >= 15 is 0 Å². The van der Waals surface area contributed by atoms with Gasteiger partial charge >= 0.3 is 12.3 Å². The average molecular weight is 533 g/mol. The van der Waals surface area contributed by atoms with Crippen molar-refractivity contribution < 1.29 is 33.5 Å². The molecule has 1 atom stereocenters. The summed E-state index contributed by atoms with van der Waals surface area (Å²) in [7, 11) is 1.17. The van der Waals surface area contributed by atoms with Crippen LogP contribution < -0.4 is 5.32 Å². The first-order valence-corrected chi connectivity index (χ1v) is 13.3. The zero-order valence-electron chi connectivity index (χ0n) is 22.9. The maximum Gasteiger partial charge on any atom is 0.513 e. The molecular formula is C28H40N2O8. The Morgan fingerprint density at radius 1 is 0.895 bits per heavy atom. The molecule has 0 aliphatic carbocycles. The molecule has 38 heavy (non-hydrogen) atoms. The van der Waals surface area contributed by atoms with Crippen LogP contribution in [0, 0.1) is 10.1 Å². The molecule has 0 spiro atoms. The lowest BCUT2D eigenvalue weighted by molar-refractivity contribution is -0.384. The van der Waals surface area contributed by atoms with Crippen molar-refractivity contribution in [2.75, 3.05) is 13.7 Å². The fourth-order valence-electron chi connectivity index (χ4n) is 4.34. The Labute approximate surface area is 224 Å². The van der Waals surface area contributed by atoms with E-state index in [0.717, 1.165) is 19.3 Å². The van der Waals surface area contributed by atoms with Crippen LogP contribution >= 0.6 is 0 Å². The monoisotopic (exact) mass is 532 g/mol. The van der Waals surface area contributed by atoms with Gasteiger partial charge in [0, 0.05) is 12.1 Å². The van der Waals surface area contributed by atoms with E-state index in [2.05, 4.69) is 17.0 Å². The topological polar surface area (TPSA) is 126 Å². The number of benzene rings is 1. The molecule has 2 rings (SSSR count). The standard InChI is InChI=1S/C28H40N2O8/c1-5-6-7-8-9-10-11-12-13-14-18-36-28(32)38-26-21(3)29-20(2)25(37-27(31)35-4)24(26)22-16-15-17-23(19-22)30(33)34/h15-17,19,24,29H,5-14,18H2,1-4H3. The van der Waals surface area contributed by atoms with Crippen LogP contribution in [0.1, 0.15) is 96.5 Å². The van der Waals surface area contributed by atoms with E-state index in [0.29, 0.717) is 17.0 Å². The van der Waals surface area contributed by atoms with Crippen LogP contribution in [0.15, 0.2) is 47.2 Å². The lowest BCUT2D eigenvalue weighted by atomic mass is 9.90. The van der Waals surface area contributed by atoms with Gasteiger partial charge < -0.3 is 24.3 Å². The minimum Gasteiger partial charge on any atom is -0.437 e. The first kappa shape index (κ1) is 30.7. The second-order valence-electron chi connectivity index (χ2n) is 9.33. The van der Waals surface area contributed by atoms with Crippen LogP contribution in [0.2, 0.25) is 0 Å². The number of unbranched alkanes of at least 4 members (excludes halogenated alkanes) is 9. The normalized spacial score (nSPS) is 15.1. The number of carbonyl (C=O) groups is 2. The highest BCUT2D eigenvalue weighted by atomic mass is 16.7. The number of allylic oxidation sites excluding steroid dienone is 2. The molecule has 1 aliphatic heterocycles. The summed E-state index contributed by atoms with van der Waals surface area (Å²) < 4.78 is 20.9. The minimum absolute atomic E-state index is 0.0976. The number of carbonyl (C=O) groups excluding carboxylic acids is 2. The number of hydrogen-bond donors (Lipinski definition) is 1. The molecule has 0 radical (unpaired) electrons. The first-order valence-electron chi connectivity index (χ1n) is 13.3. The summed E-state index contributed by atoms with van der Waals surface area (Å²) in [4.78, 5) is 35.4. The summed E-state index contributed by atoms with van der Waals surface area (Å²) in [6.45, 7) is 5.80. The molecule has 1 heterocycles. The summed E-state index contributed by atoms with van der Waals surface area (Å²) >= 11 is 0. The highest BCUT2D eigenvalue weighted by Crippen LogP contribution is 2.40. The third-order valence-electron chi connectivity index (χ3n) is 6.32. The van der Waals surface area contributed by atoms with Crippen LogP contribution in [0.25, 0.3) is 0 Å². The van der Waals surface area contributed by atoms with Gasteiger partial charge in [0.05, 0.1) is 30.0 Å². The number of hydrogen-bond acceptors (Lipinski definition) is 9. The third kappa shape index (κ3) is 9.72. The van der Waals surface area contributed by atoms with Crippen molar-refractivity contribution >= 4 is 18.0 Å². The Bertz CT molecular complexity index is 1020. The zero-order chi connectivity index (χ0) is 27.9. The van der Waals surface area contributed by atoms with Crippen molar-refractivity contribution in [3.8, 4) is 0 Å². The number of nitrogens with zero attached hydrogens (tertiary/aromatic N) is 1. The van der Waals surface area contributed by atoms with Crippen molar-refractivity contribution in [1.29, 1.82) is 0 Å². The van der Waals surface area contributed by atoms with Gasteiger partial charge in [-0.1, -0.05) is 76.8 Å². The molecule has 10 nitrogen and oxygen atoms in total. The Kier molecular flexibility index (Phi) is 13.2. The predicted octanol–water partition coefficient (Wildman–Crippen LogP) is 7.60. The van der Waals surface area contributed by atoms with Crippen molar-refractivity contribution in [3.05, 3.63) is 62.9 Å². The number of rotatable bonds is 15. The molecule has 0 saturated carbocycles. The van der Waals surface area contributed by atoms with Gasteiger partial charge in [-0.2, -0.15) is 0 Å². The van der Waals surface area contributed by atoms with E-state index in [1.807, 2.05) is 0 Å². The smallest absolute Gasteiger partial charge is 0.437 e. The summed E-state index contributed by atoms with van der Waals surface area (Å²) in [6, 6.07) is 5.83. The molecule has 1 aliphatic rings. The maximum atomic E-state index is 12.6. The van der Waals surface area contributed by atoms with Crippen molar-refractivity contribution in [3.63, 3.8) is 0 Å². The SMILES string of the molecule is CCCCCCCCCCCCOC(=O)OC1=C(C)NC(C)=C(OC(=O)OC)C1c1cccc([N+](=O)[O-])c1. The van der Waals surface area contributed by atoms with Crippen LogP contribution in [0.3, 0.4) is 0 Å². The second kappa shape index (κ2) is 16.3. The second-order valence-corrected chi connectivity index (χ2v) is 9.33. The molecule has 1 unspecified atom stereocenters. The van der Waals surface area contributed by atoms with Gasteiger partial charge in [-0.25, -0.2) is 9.59 Å². The Hall–Kier alpha value is -3.56. The van der Waals surface area contributed by atoms with Gasteiger partial charge in [-0.15, -0.1) is 0 Å². The number of ether oxygens (including phenoxy) is 4. The molecule has 1 N–H and O–H groups in total. The van der Waals surface area contributed by atoms with Gasteiger partial charge in [0.1, 0.15) is 17.4 Å².